The van der Waals surface area contributed by atoms with Gasteiger partial charge in [-0.05, 0) is 35.9 Å². The molecule has 0 unspecified atom stereocenters. The van der Waals surface area contributed by atoms with E-state index in [0.717, 1.165) is 17.7 Å². The molecule has 0 aliphatic carbocycles. The Hall–Kier alpha value is -2.54. The number of ether oxygens (including phenoxy) is 1. The van der Waals surface area contributed by atoms with E-state index in [1.807, 2.05) is 0 Å². The van der Waals surface area contributed by atoms with E-state index in [0.29, 0.717) is 17.9 Å². The Bertz CT molecular complexity index is 758. The molecule has 2 aromatic carbocycles. The van der Waals surface area contributed by atoms with Crippen LogP contribution in [0.25, 0.3) is 0 Å². The van der Waals surface area contributed by atoms with Gasteiger partial charge >= 0.3 is 6.18 Å². The Labute approximate surface area is 144 Å². The van der Waals surface area contributed by atoms with E-state index in [9.17, 15) is 18.0 Å². The van der Waals surface area contributed by atoms with Crippen LogP contribution in [-0.2, 0) is 17.5 Å². The Balaban J connectivity index is 2.34. The Kier molecular flexibility index (Phi) is 5.69. The first-order valence-corrected chi connectivity index (χ1v) is 7.50. The van der Waals surface area contributed by atoms with Crippen LogP contribution in [0.2, 0.25) is 0 Å². The highest BCUT2D eigenvalue weighted by Gasteiger charge is 2.31. The van der Waals surface area contributed by atoms with E-state index < -0.39 is 17.6 Å². The quantitative estimate of drug-likeness (QED) is 0.878. The van der Waals surface area contributed by atoms with Crippen molar-refractivity contribution in [1.29, 1.82) is 0 Å². The van der Waals surface area contributed by atoms with Crippen molar-refractivity contribution in [2.24, 2.45) is 0 Å². The summed E-state index contributed by atoms with van der Waals surface area (Å²) < 4.78 is 43.9. The summed E-state index contributed by atoms with van der Waals surface area (Å²) >= 11 is 0. The zero-order valence-corrected chi connectivity index (χ0v) is 14.1. The van der Waals surface area contributed by atoms with Crippen LogP contribution < -0.4 is 10.2 Å². The number of halogens is 3. The lowest BCUT2D eigenvalue weighted by Crippen LogP contribution is -2.18. The van der Waals surface area contributed by atoms with E-state index >= 15 is 0 Å². The van der Waals surface area contributed by atoms with Gasteiger partial charge in [0.2, 0.25) is 0 Å². The van der Waals surface area contributed by atoms with Crippen LogP contribution >= 0.6 is 0 Å². The highest BCUT2D eigenvalue weighted by molar-refractivity contribution is 6.06. The van der Waals surface area contributed by atoms with Gasteiger partial charge in [0.15, 0.2) is 0 Å². The van der Waals surface area contributed by atoms with Crippen LogP contribution in [0.4, 0.5) is 24.5 Å². The number of anilines is 2. The van der Waals surface area contributed by atoms with Crippen LogP contribution in [0, 0.1) is 0 Å². The third-order valence-electron chi connectivity index (χ3n) is 3.55. The molecule has 0 aliphatic rings. The number of carbonyl (C=O) groups is 1. The number of hydrogen-bond donors (Lipinski definition) is 1. The summed E-state index contributed by atoms with van der Waals surface area (Å²) in [6.07, 6.45) is -4.48. The predicted molar refractivity (Wildman–Crippen MR) is 90.9 cm³/mol. The van der Waals surface area contributed by atoms with Crippen LogP contribution in [0.5, 0.6) is 0 Å². The SMILES string of the molecule is COCc1cccc(C(=O)Nc2cc(C(F)(F)F)ccc2N(C)C)c1. The van der Waals surface area contributed by atoms with Gasteiger partial charge < -0.3 is 15.0 Å². The molecular formula is C18H19F3N2O2. The van der Waals surface area contributed by atoms with Gasteiger partial charge in [-0.1, -0.05) is 12.1 Å². The summed E-state index contributed by atoms with van der Waals surface area (Å²) in [5.41, 5.74) is 0.904. The third kappa shape index (κ3) is 4.73. The number of rotatable bonds is 5. The molecule has 0 fully saturated rings. The highest BCUT2D eigenvalue weighted by atomic mass is 19.4. The molecular weight excluding hydrogens is 333 g/mol. The molecule has 2 aromatic rings. The molecule has 0 spiro atoms. The van der Waals surface area contributed by atoms with Crippen LogP contribution in [0.15, 0.2) is 42.5 Å². The van der Waals surface area contributed by atoms with Gasteiger partial charge in [0.05, 0.1) is 23.5 Å². The van der Waals surface area contributed by atoms with Crippen molar-refractivity contribution < 1.29 is 22.7 Å². The summed E-state index contributed by atoms with van der Waals surface area (Å²) in [4.78, 5) is 14.1. The van der Waals surface area contributed by atoms with Crippen molar-refractivity contribution in [3.63, 3.8) is 0 Å². The van der Waals surface area contributed by atoms with Crippen molar-refractivity contribution in [2.75, 3.05) is 31.4 Å². The minimum atomic E-state index is -4.48. The van der Waals surface area contributed by atoms with Crippen molar-refractivity contribution in [3.05, 3.63) is 59.2 Å². The molecule has 2 rings (SSSR count). The summed E-state index contributed by atoms with van der Waals surface area (Å²) in [6, 6.07) is 9.99. The molecule has 7 heteroatoms. The molecule has 0 saturated heterocycles. The second-order valence-corrected chi connectivity index (χ2v) is 5.71. The molecule has 1 N–H and O–H groups in total. The van der Waals surface area contributed by atoms with Crippen LogP contribution in [0.3, 0.4) is 0 Å². The smallest absolute Gasteiger partial charge is 0.380 e. The topological polar surface area (TPSA) is 41.6 Å². The fraction of sp³-hybridized carbons (Fsp3) is 0.278. The number of amides is 1. The molecule has 0 radical (unpaired) electrons. The Morgan fingerprint density at radius 3 is 2.48 bits per heavy atom. The van der Waals surface area contributed by atoms with Gasteiger partial charge in [0.25, 0.3) is 5.91 Å². The molecule has 134 valence electrons. The minimum absolute atomic E-state index is 0.0990. The molecule has 0 saturated carbocycles. The van der Waals surface area contributed by atoms with Crippen LogP contribution in [0.1, 0.15) is 21.5 Å². The monoisotopic (exact) mass is 352 g/mol. The lowest BCUT2D eigenvalue weighted by molar-refractivity contribution is -0.137. The zero-order valence-electron chi connectivity index (χ0n) is 14.1. The standard InChI is InChI=1S/C18H19F3N2O2/c1-23(2)16-8-7-14(18(19,20)21)10-15(16)22-17(24)13-6-4-5-12(9-13)11-25-3/h4-10H,11H2,1-3H3,(H,22,24). The molecule has 25 heavy (non-hydrogen) atoms. The van der Waals surface area contributed by atoms with E-state index in [1.54, 1.807) is 50.4 Å². The van der Waals surface area contributed by atoms with Crippen molar-refractivity contribution >= 4 is 17.3 Å². The largest absolute Gasteiger partial charge is 0.416 e. The minimum Gasteiger partial charge on any atom is -0.380 e. The van der Waals surface area contributed by atoms with Crippen molar-refractivity contribution in [3.8, 4) is 0 Å². The normalized spacial score (nSPS) is 11.3. The zero-order chi connectivity index (χ0) is 18.6. The predicted octanol–water partition coefficient (Wildman–Crippen LogP) is 4.17. The van der Waals surface area contributed by atoms with E-state index in [1.165, 1.54) is 6.07 Å². The summed E-state index contributed by atoms with van der Waals surface area (Å²) in [5.74, 6) is -0.486. The number of hydrogen-bond acceptors (Lipinski definition) is 3. The maximum absolute atomic E-state index is 13.0. The molecule has 1 amide bonds. The maximum atomic E-state index is 13.0. The summed E-state index contributed by atoms with van der Waals surface area (Å²) in [7, 11) is 4.92. The van der Waals surface area contributed by atoms with Gasteiger partial charge in [-0.25, -0.2) is 0 Å². The number of methoxy groups -OCH3 is 1. The molecule has 4 nitrogen and oxygen atoms in total. The molecule has 0 heterocycles. The molecule has 0 aromatic heterocycles. The number of nitrogens with one attached hydrogen (secondary N) is 1. The van der Waals surface area contributed by atoms with Crippen molar-refractivity contribution in [1.82, 2.24) is 0 Å². The fourth-order valence-corrected chi connectivity index (χ4v) is 2.37. The average Bonchev–Trinajstić information content (AvgIpc) is 2.54. The maximum Gasteiger partial charge on any atom is 0.416 e. The summed E-state index contributed by atoms with van der Waals surface area (Å²) in [5, 5.41) is 2.57. The Morgan fingerprint density at radius 1 is 1.16 bits per heavy atom. The van der Waals surface area contributed by atoms with Gasteiger partial charge in [-0.2, -0.15) is 13.2 Å². The lowest BCUT2D eigenvalue weighted by Gasteiger charge is -2.20. The van der Waals surface area contributed by atoms with E-state index in [-0.39, 0.29) is 5.69 Å². The Morgan fingerprint density at radius 2 is 1.88 bits per heavy atom. The first kappa shape index (κ1) is 18.8. The summed E-state index contributed by atoms with van der Waals surface area (Å²) in [6.45, 7) is 0.341. The third-order valence-corrected chi connectivity index (χ3v) is 3.55. The number of alkyl halides is 3. The first-order chi connectivity index (χ1) is 11.7. The van der Waals surface area contributed by atoms with Crippen LogP contribution in [-0.4, -0.2) is 27.1 Å². The number of nitrogens with zero attached hydrogens (tertiary/aromatic N) is 1. The highest BCUT2D eigenvalue weighted by Crippen LogP contribution is 2.35. The van der Waals surface area contributed by atoms with Gasteiger partial charge in [0, 0.05) is 26.8 Å². The van der Waals surface area contributed by atoms with Gasteiger partial charge in [0.1, 0.15) is 0 Å². The lowest BCUT2D eigenvalue weighted by atomic mass is 10.1. The molecule has 0 aliphatic heterocycles. The van der Waals surface area contributed by atoms with Gasteiger partial charge in [-0.3, -0.25) is 4.79 Å². The molecule has 0 bridgehead atoms. The average molecular weight is 352 g/mol. The van der Waals surface area contributed by atoms with Crippen molar-refractivity contribution in [2.45, 2.75) is 12.8 Å². The number of carbonyl (C=O) groups excluding carboxylic acids is 1. The number of benzene rings is 2. The van der Waals surface area contributed by atoms with E-state index in [4.69, 9.17) is 4.74 Å². The second-order valence-electron chi connectivity index (χ2n) is 5.71. The molecule has 0 atom stereocenters. The van der Waals surface area contributed by atoms with E-state index in [2.05, 4.69) is 5.32 Å². The first-order valence-electron chi connectivity index (χ1n) is 7.50. The second kappa shape index (κ2) is 7.57. The fourth-order valence-electron chi connectivity index (χ4n) is 2.37. The van der Waals surface area contributed by atoms with Gasteiger partial charge in [-0.15, -0.1) is 0 Å².